The highest BCUT2D eigenvalue weighted by atomic mass is 16.6. The van der Waals surface area contributed by atoms with Crippen LogP contribution in [0.3, 0.4) is 0 Å². The van der Waals surface area contributed by atoms with Gasteiger partial charge in [-0.1, -0.05) is 0 Å². The highest BCUT2D eigenvalue weighted by Gasteiger charge is 2.27. The maximum Gasteiger partial charge on any atom is 0.225 e. The van der Waals surface area contributed by atoms with Crippen molar-refractivity contribution in [3.63, 3.8) is 0 Å². The molecule has 2 unspecified atom stereocenters. The zero-order valence-electron chi connectivity index (χ0n) is 7.53. The van der Waals surface area contributed by atoms with Gasteiger partial charge in [-0.05, 0) is 6.42 Å². The summed E-state index contributed by atoms with van der Waals surface area (Å²) in [7, 11) is 0. The van der Waals surface area contributed by atoms with E-state index in [1.165, 1.54) is 0 Å². The van der Waals surface area contributed by atoms with Crippen LogP contribution in [-0.2, 0) is 0 Å². The minimum Gasteiger partial charge on any atom is -0.318 e. The maximum atomic E-state index is 10.4. The largest absolute Gasteiger partial charge is 0.318 e. The molecule has 4 N–H and O–H groups in total. The first-order chi connectivity index (χ1) is 6.24. The van der Waals surface area contributed by atoms with Crippen molar-refractivity contribution in [1.29, 1.82) is 0 Å². The molecular formula is C7H16N4O2. The number of piperidine rings is 1. The number of rotatable bonds is 4. The summed E-state index contributed by atoms with van der Waals surface area (Å²) < 4.78 is 0. The van der Waals surface area contributed by atoms with E-state index in [0.717, 1.165) is 13.0 Å². The summed E-state index contributed by atoms with van der Waals surface area (Å²) in [6, 6.07) is -0.0751. The Morgan fingerprint density at radius 3 is 2.85 bits per heavy atom. The highest BCUT2D eigenvalue weighted by Crippen LogP contribution is 2.09. The monoisotopic (exact) mass is 188 g/mol. The van der Waals surface area contributed by atoms with Crippen molar-refractivity contribution in [1.82, 2.24) is 10.6 Å². The van der Waals surface area contributed by atoms with E-state index in [-0.39, 0.29) is 4.92 Å². The Kier molecular flexibility index (Phi) is 4.07. The molecule has 1 aliphatic heterocycles. The van der Waals surface area contributed by atoms with E-state index in [9.17, 15) is 10.1 Å². The van der Waals surface area contributed by atoms with Crippen LogP contribution in [0.2, 0.25) is 0 Å². The molecule has 0 saturated carbocycles. The van der Waals surface area contributed by atoms with E-state index in [2.05, 4.69) is 10.6 Å². The molecule has 1 heterocycles. The molecule has 6 nitrogen and oxygen atoms in total. The zero-order valence-corrected chi connectivity index (χ0v) is 7.53. The molecule has 0 aromatic heterocycles. The third kappa shape index (κ3) is 3.25. The number of nitrogens with zero attached hydrogens (tertiary/aromatic N) is 1. The molecule has 76 valence electrons. The van der Waals surface area contributed by atoms with Crippen molar-refractivity contribution in [3.05, 3.63) is 10.1 Å². The second kappa shape index (κ2) is 5.11. The Hall–Kier alpha value is -0.720. The molecule has 13 heavy (non-hydrogen) atoms. The predicted molar refractivity (Wildman–Crippen MR) is 48.9 cm³/mol. The molecule has 6 heteroatoms. The van der Waals surface area contributed by atoms with E-state index in [0.29, 0.717) is 25.7 Å². The van der Waals surface area contributed by atoms with Crippen LogP contribution in [0.4, 0.5) is 0 Å². The van der Waals surface area contributed by atoms with Gasteiger partial charge in [0.2, 0.25) is 6.04 Å². The molecular weight excluding hydrogens is 172 g/mol. The second-order valence-electron chi connectivity index (χ2n) is 3.28. The number of hydrogen-bond donors (Lipinski definition) is 3. The predicted octanol–water partition coefficient (Wildman–Crippen LogP) is -1.11. The first kappa shape index (κ1) is 10.4. The minimum atomic E-state index is -0.408. The van der Waals surface area contributed by atoms with Gasteiger partial charge in [-0.3, -0.25) is 10.1 Å². The lowest BCUT2D eigenvalue weighted by molar-refractivity contribution is -0.523. The van der Waals surface area contributed by atoms with Gasteiger partial charge in [0.1, 0.15) is 0 Å². The topological polar surface area (TPSA) is 93.2 Å². The quantitative estimate of drug-likeness (QED) is 0.295. The summed E-state index contributed by atoms with van der Waals surface area (Å²) >= 11 is 0. The van der Waals surface area contributed by atoms with E-state index in [1.54, 1.807) is 0 Å². The van der Waals surface area contributed by atoms with E-state index in [1.807, 2.05) is 0 Å². The van der Waals surface area contributed by atoms with Crippen LogP contribution < -0.4 is 16.4 Å². The summed E-state index contributed by atoms with van der Waals surface area (Å²) in [5.74, 6) is 0. The molecule has 1 aliphatic rings. The Morgan fingerprint density at radius 1 is 1.62 bits per heavy atom. The number of nitrogens with one attached hydrogen (secondary N) is 2. The Labute approximate surface area is 77.0 Å². The molecule has 0 bridgehead atoms. The van der Waals surface area contributed by atoms with Crippen molar-refractivity contribution < 1.29 is 4.92 Å². The fraction of sp³-hybridized carbons (Fsp3) is 1.00. The van der Waals surface area contributed by atoms with Crippen molar-refractivity contribution in [3.8, 4) is 0 Å². The molecule has 0 spiro atoms. The van der Waals surface area contributed by atoms with Crippen molar-refractivity contribution in [2.75, 3.05) is 19.8 Å². The van der Waals surface area contributed by atoms with Gasteiger partial charge in [-0.15, -0.1) is 0 Å². The Balaban J connectivity index is 2.18. The summed E-state index contributed by atoms with van der Waals surface area (Å²) in [6.07, 6.45) is 1.51. The SMILES string of the molecule is NCNCC1CCC([N+](=O)[O-])CN1. The number of nitrogens with two attached hydrogens (primary N) is 1. The summed E-state index contributed by atoms with van der Waals surface area (Å²) in [4.78, 5) is 10.2. The molecule has 1 saturated heterocycles. The lowest BCUT2D eigenvalue weighted by Crippen LogP contribution is -2.49. The minimum absolute atomic E-state index is 0.209. The van der Waals surface area contributed by atoms with Gasteiger partial charge < -0.3 is 16.4 Å². The van der Waals surface area contributed by atoms with Crippen LogP contribution in [-0.4, -0.2) is 36.8 Å². The van der Waals surface area contributed by atoms with Gasteiger partial charge >= 0.3 is 0 Å². The van der Waals surface area contributed by atoms with Crippen LogP contribution in [0.15, 0.2) is 0 Å². The summed E-state index contributed by atoms with van der Waals surface area (Å²) in [6.45, 7) is 1.72. The summed E-state index contributed by atoms with van der Waals surface area (Å²) in [5.41, 5.74) is 5.27. The van der Waals surface area contributed by atoms with Crippen molar-refractivity contribution in [2.24, 2.45) is 5.73 Å². The lowest BCUT2D eigenvalue weighted by atomic mass is 10.0. The van der Waals surface area contributed by atoms with E-state index >= 15 is 0 Å². The second-order valence-corrected chi connectivity index (χ2v) is 3.28. The Morgan fingerprint density at radius 2 is 2.38 bits per heavy atom. The normalized spacial score (nSPS) is 28.7. The van der Waals surface area contributed by atoms with Crippen LogP contribution in [0, 0.1) is 10.1 Å². The summed E-state index contributed by atoms with van der Waals surface area (Å²) in [5, 5.41) is 16.5. The Bertz CT molecular complexity index is 168. The van der Waals surface area contributed by atoms with Gasteiger partial charge in [0, 0.05) is 30.6 Å². The average molecular weight is 188 g/mol. The third-order valence-corrected chi connectivity index (χ3v) is 2.32. The maximum absolute atomic E-state index is 10.4. The molecule has 0 aliphatic carbocycles. The van der Waals surface area contributed by atoms with Crippen LogP contribution in [0.25, 0.3) is 0 Å². The zero-order chi connectivity index (χ0) is 9.68. The van der Waals surface area contributed by atoms with Crippen LogP contribution in [0.1, 0.15) is 12.8 Å². The smallest absolute Gasteiger partial charge is 0.225 e. The molecule has 1 fully saturated rings. The first-order valence-corrected chi connectivity index (χ1v) is 4.51. The first-order valence-electron chi connectivity index (χ1n) is 4.51. The van der Waals surface area contributed by atoms with Gasteiger partial charge in [0.05, 0.1) is 6.54 Å². The standard InChI is InChI=1S/C7H16N4O2/c8-5-9-3-6-1-2-7(4-10-6)11(12)13/h6-7,9-10H,1-5,8H2. The van der Waals surface area contributed by atoms with E-state index in [4.69, 9.17) is 5.73 Å². The molecule has 1 rings (SSSR count). The fourth-order valence-electron chi connectivity index (χ4n) is 1.51. The number of hydrogen-bond acceptors (Lipinski definition) is 5. The number of nitro groups is 1. The molecule has 0 aromatic carbocycles. The van der Waals surface area contributed by atoms with Crippen LogP contribution in [0.5, 0.6) is 0 Å². The average Bonchev–Trinajstić information content (AvgIpc) is 2.15. The third-order valence-electron chi connectivity index (χ3n) is 2.32. The lowest BCUT2D eigenvalue weighted by Gasteiger charge is -2.25. The van der Waals surface area contributed by atoms with Crippen LogP contribution >= 0.6 is 0 Å². The van der Waals surface area contributed by atoms with Gasteiger partial charge in [0.15, 0.2) is 0 Å². The van der Waals surface area contributed by atoms with Gasteiger partial charge in [-0.25, -0.2) is 0 Å². The van der Waals surface area contributed by atoms with Crippen molar-refractivity contribution in [2.45, 2.75) is 24.9 Å². The van der Waals surface area contributed by atoms with Gasteiger partial charge in [0.25, 0.3) is 0 Å². The molecule has 2 atom stereocenters. The molecule has 0 amide bonds. The van der Waals surface area contributed by atoms with Gasteiger partial charge in [-0.2, -0.15) is 0 Å². The molecule has 0 aromatic rings. The fourth-order valence-corrected chi connectivity index (χ4v) is 1.51. The van der Waals surface area contributed by atoms with E-state index < -0.39 is 6.04 Å². The van der Waals surface area contributed by atoms with Crippen molar-refractivity contribution >= 4 is 0 Å². The molecule has 0 radical (unpaired) electrons. The highest BCUT2D eigenvalue weighted by molar-refractivity contribution is 4.78.